The predicted molar refractivity (Wildman–Crippen MR) is 135 cm³/mol. The summed E-state index contributed by atoms with van der Waals surface area (Å²) in [5.74, 6) is -0.741. The first-order valence-electron chi connectivity index (χ1n) is 10.8. The number of benzene rings is 2. The van der Waals surface area contributed by atoms with E-state index in [1.165, 1.54) is 4.90 Å². The highest BCUT2D eigenvalue weighted by Gasteiger charge is 2.30. The topological polar surface area (TPSA) is 86.8 Å². The summed E-state index contributed by atoms with van der Waals surface area (Å²) >= 11 is 3.40. The third-order valence-electron chi connectivity index (χ3n) is 5.50. The molecule has 2 aromatic carbocycles. The Kier molecular flexibility index (Phi) is 9.48. The highest BCUT2D eigenvalue weighted by atomic mass is 79.9. The minimum atomic E-state index is -3.74. The van der Waals surface area contributed by atoms with Crippen molar-refractivity contribution in [1.29, 1.82) is 0 Å². The van der Waals surface area contributed by atoms with Crippen LogP contribution in [0.1, 0.15) is 38.3 Å². The van der Waals surface area contributed by atoms with E-state index in [1.807, 2.05) is 44.2 Å². The molecule has 1 N–H and O–H groups in total. The van der Waals surface area contributed by atoms with Crippen LogP contribution in [0.15, 0.2) is 53.0 Å². The third-order valence-corrected chi connectivity index (χ3v) is 7.15. The minimum absolute atomic E-state index is 0.0379. The molecule has 0 radical (unpaired) electrons. The number of carbonyl (C=O) groups is 2. The van der Waals surface area contributed by atoms with Crippen molar-refractivity contribution in [3.05, 3.63) is 64.1 Å². The summed E-state index contributed by atoms with van der Waals surface area (Å²) in [7, 11) is -3.74. The summed E-state index contributed by atoms with van der Waals surface area (Å²) in [6.07, 6.45) is 1.83. The standard InChI is InChI=1S/C24H32BrN3O4S/c1-6-18(3)26-24(30)19(4)27(15-20-11-13-21(25)14-12-20)23(29)16-28(33(5,31)32)22-10-8-7-9-17(22)2/h7-14,18-19H,6,15-16H2,1-5H3,(H,26,30). The normalized spacial score (nSPS) is 13.2. The molecule has 180 valence electrons. The molecule has 0 saturated heterocycles. The fraction of sp³-hybridized carbons (Fsp3) is 0.417. The maximum absolute atomic E-state index is 13.5. The van der Waals surface area contributed by atoms with Gasteiger partial charge in [-0.2, -0.15) is 0 Å². The van der Waals surface area contributed by atoms with Crippen LogP contribution in [-0.4, -0.2) is 50.0 Å². The Hall–Kier alpha value is -2.39. The van der Waals surface area contributed by atoms with E-state index in [-0.39, 0.29) is 18.5 Å². The Labute approximate surface area is 205 Å². The number of nitrogens with zero attached hydrogens (tertiary/aromatic N) is 2. The maximum Gasteiger partial charge on any atom is 0.244 e. The average Bonchev–Trinajstić information content (AvgIpc) is 2.76. The van der Waals surface area contributed by atoms with Crippen LogP contribution in [0, 0.1) is 6.92 Å². The summed E-state index contributed by atoms with van der Waals surface area (Å²) < 4.78 is 27.2. The first-order valence-corrected chi connectivity index (χ1v) is 13.5. The smallest absolute Gasteiger partial charge is 0.244 e. The van der Waals surface area contributed by atoms with Gasteiger partial charge in [-0.05, 0) is 56.5 Å². The van der Waals surface area contributed by atoms with Crippen molar-refractivity contribution in [3.8, 4) is 0 Å². The Balaban J connectivity index is 2.39. The Morgan fingerprint density at radius 2 is 1.67 bits per heavy atom. The van der Waals surface area contributed by atoms with Crippen LogP contribution >= 0.6 is 15.9 Å². The first-order chi connectivity index (χ1) is 15.4. The number of amides is 2. The minimum Gasteiger partial charge on any atom is -0.352 e. The van der Waals surface area contributed by atoms with E-state index >= 15 is 0 Å². The van der Waals surface area contributed by atoms with Crippen LogP contribution in [0.25, 0.3) is 0 Å². The highest BCUT2D eigenvalue weighted by molar-refractivity contribution is 9.10. The molecule has 2 rings (SSSR count). The molecule has 33 heavy (non-hydrogen) atoms. The lowest BCUT2D eigenvalue weighted by atomic mass is 10.1. The van der Waals surface area contributed by atoms with Crippen LogP contribution in [-0.2, 0) is 26.2 Å². The van der Waals surface area contributed by atoms with Gasteiger partial charge in [0.1, 0.15) is 12.6 Å². The van der Waals surface area contributed by atoms with E-state index in [2.05, 4.69) is 21.2 Å². The van der Waals surface area contributed by atoms with Gasteiger partial charge in [-0.15, -0.1) is 0 Å². The van der Waals surface area contributed by atoms with E-state index < -0.39 is 28.5 Å². The van der Waals surface area contributed by atoms with Crippen molar-refractivity contribution in [2.24, 2.45) is 0 Å². The van der Waals surface area contributed by atoms with E-state index in [0.717, 1.165) is 32.6 Å². The highest BCUT2D eigenvalue weighted by Crippen LogP contribution is 2.23. The van der Waals surface area contributed by atoms with E-state index in [1.54, 1.807) is 32.0 Å². The quantitative estimate of drug-likeness (QED) is 0.498. The van der Waals surface area contributed by atoms with Gasteiger partial charge < -0.3 is 10.2 Å². The Morgan fingerprint density at radius 3 is 2.21 bits per heavy atom. The summed E-state index contributed by atoms with van der Waals surface area (Å²) in [5.41, 5.74) is 2.00. The lowest BCUT2D eigenvalue weighted by Crippen LogP contribution is -2.52. The van der Waals surface area contributed by atoms with Crippen LogP contribution in [0.5, 0.6) is 0 Å². The molecular formula is C24H32BrN3O4S. The third kappa shape index (κ3) is 7.57. The van der Waals surface area contributed by atoms with Crippen molar-refractivity contribution in [2.45, 2.75) is 52.7 Å². The zero-order chi connectivity index (χ0) is 24.8. The number of hydrogen-bond acceptors (Lipinski definition) is 4. The van der Waals surface area contributed by atoms with Crippen molar-refractivity contribution in [1.82, 2.24) is 10.2 Å². The van der Waals surface area contributed by atoms with Gasteiger partial charge in [-0.3, -0.25) is 13.9 Å². The molecule has 0 aliphatic rings. The summed E-state index contributed by atoms with van der Waals surface area (Å²) in [6, 6.07) is 13.6. The van der Waals surface area contributed by atoms with Crippen molar-refractivity contribution in [3.63, 3.8) is 0 Å². The van der Waals surface area contributed by atoms with Crippen molar-refractivity contribution < 1.29 is 18.0 Å². The van der Waals surface area contributed by atoms with Gasteiger partial charge in [0.25, 0.3) is 0 Å². The van der Waals surface area contributed by atoms with Gasteiger partial charge in [0.15, 0.2) is 0 Å². The molecule has 0 aromatic heterocycles. The number of para-hydroxylation sites is 1. The number of sulfonamides is 1. The molecular weight excluding hydrogens is 506 g/mol. The number of nitrogens with one attached hydrogen (secondary N) is 1. The van der Waals surface area contributed by atoms with Gasteiger partial charge in [-0.1, -0.05) is 53.2 Å². The van der Waals surface area contributed by atoms with Gasteiger partial charge in [0.2, 0.25) is 21.8 Å². The second-order valence-electron chi connectivity index (χ2n) is 8.20. The molecule has 2 unspecified atom stereocenters. The Morgan fingerprint density at radius 1 is 1.06 bits per heavy atom. The lowest BCUT2D eigenvalue weighted by Gasteiger charge is -2.32. The molecule has 0 fully saturated rings. The predicted octanol–water partition coefficient (Wildman–Crippen LogP) is 3.86. The number of hydrogen-bond donors (Lipinski definition) is 1. The fourth-order valence-corrected chi connectivity index (χ4v) is 4.44. The lowest BCUT2D eigenvalue weighted by molar-refractivity contribution is -0.139. The van der Waals surface area contributed by atoms with E-state index in [4.69, 9.17) is 0 Å². The van der Waals surface area contributed by atoms with Crippen LogP contribution < -0.4 is 9.62 Å². The largest absolute Gasteiger partial charge is 0.352 e. The monoisotopic (exact) mass is 537 g/mol. The number of halogens is 1. The fourth-order valence-electron chi connectivity index (χ4n) is 3.27. The van der Waals surface area contributed by atoms with E-state index in [9.17, 15) is 18.0 Å². The number of carbonyl (C=O) groups excluding carboxylic acids is 2. The first kappa shape index (κ1) is 26.9. The van der Waals surface area contributed by atoms with E-state index in [0.29, 0.717) is 5.69 Å². The molecule has 0 aliphatic heterocycles. The van der Waals surface area contributed by atoms with Crippen molar-refractivity contribution in [2.75, 3.05) is 17.1 Å². The zero-order valence-electron chi connectivity index (χ0n) is 19.7. The van der Waals surface area contributed by atoms with Crippen LogP contribution in [0.3, 0.4) is 0 Å². The van der Waals surface area contributed by atoms with Gasteiger partial charge >= 0.3 is 0 Å². The number of rotatable bonds is 10. The molecule has 0 spiro atoms. The van der Waals surface area contributed by atoms with Gasteiger partial charge in [0, 0.05) is 17.1 Å². The Bertz CT molecular complexity index is 1070. The summed E-state index contributed by atoms with van der Waals surface area (Å²) in [4.78, 5) is 27.8. The SMILES string of the molecule is CCC(C)NC(=O)C(C)N(Cc1ccc(Br)cc1)C(=O)CN(c1ccccc1C)S(C)(=O)=O. The second-order valence-corrected chi connectivity index (χ2v) is 11.0. The zero-order valence-corrected chi connectivity index (χ0v) is 22.1. The molecule has 0 aliphatic carbocycles. The van der Waals surface area contributed by atoms with Gasteiger partial charge in [-0.25, -0.2) is 8.42 Å². The maximum atomic E-state index is 13.5. The van der Waals surface area contributed by atoms with Gasteiger partial charge in [0.05, 0.1) is 11.9 Å². The molecule has 0 saturated carbocycles. The molecule has 9 heteroatoms. The molecule has 7 nitrogen and oxygen atoms in total. The van der Waals surface area contributed by atoms with Crippen LogP contribution in [0.4, 0.5) is 5.69 Å². The molecule has 0 bridgehead atoms. The van der Waals surface area contributed by atoms with Crippen LogP contribution in [0.2, 0.25) is 0 Å². The molecule has 2 atom stereocenters. The molecule has 2 amide bonds. The molecule has 0 heterocycles. The summed E-state index contributed by atoms with van der Waals surface area (Å²) in [6.45, 7) is 7.09. The number of anilines is 1. The molecule has 2 aromatic rings. The van der Waals surface area contributed by atoms with Crippen molar-refractivity contribution >= 4 is 43.5 Å². The average molecular weight is 539 g/mol. The number of aryl methyl sites for hydroxylation is 1. The second kappa shape index (κ2) is 11.7. The summed E-state index contributed by atoms with van der Waals surface area (Å²) in [5, 5.41) is 2.91.